The van der Waals surface area contributed by atoms with Gasteiger partial charge in [0.2, 0.25) is 0 Å². The van der Waals surface area contributed by atoms with Gasteiger partial charge in [-0.15, -0.1) is 0 Å². The molecule has 1 saturated heterocycles. The highest BCUT2D eigenvalue weighted by molar-refractivity contribution is 5.77. The monoisotopic (exact) mass is 333 g/mol. The van der Waals surface area contributed by atoms with Crippen molar-refractivity contribution in [1.29, 1.82) is 0 Å². The fourth-order valence-corrected chi connectivity index (χ4v) is 2.66. The highest BCUT2D eigenvalue weighted by atomic mass is 19.1. The Hall–Kier alpha value is -2.41. The highest BCUT2D eigenvalue weighted by Crippen LogP contribution is 2.15. The summed E-state index contributed by atoms with van der Waals surface area (Å²) in [6, 6.07) is 8.00. The van der Waals surface area contributed by atoms with Crippen LogP contribution >= 0.6 is 0 Å². The van der Waals surface area contributed by atoms with Crippen LogP contribution in [0.25, 0.3) is 0 Å². The zero-order valence-electron chi connectivity index (χ0n) is 13.6. The average Bonchev–Trinajstić information content (AvgIpc) is 2.99. The van der Waals surface area contributed by atoms with Gasteiger partial charge in [-0.05, 0) is 19.1 Å². The van der Waals surface area contributed by atoms with Crippen molar-refractivity contribution in [3.05, 3.63) is 47.6 Å². The standard InChI is InChI=1S/C17H20FN3O3/c1-13-10-14(24-19-13)11-20-6-8-21(9-7-20)17(22)12-23-16-5-3-2-4-15(16)18/h2-5,10H,6-9,11-12H2,1H3. The summed E-state index contributed by atoms with van der Waals surface area (Å²) >= 11 is 0. The number of ether oxygens (including phenoxy) is 1. The zero-order chi connectivity index (χ0) is 16.9. The number of carbonyl (C=O) groups excluding carboxylic acids is 1. The average molecular weight is 333 g/mol. The van der Waals surface area contributed by atoms with Gasteiger partial charge in [-0.2, -0.15) is 0 Å². The van der Waals surface area contributed by atoms with Crippen molar-refractivity contribution in [3.8, 4) is 5.75 Å². The number of hydrogen-bond acceptors (Lipinski definition) is 5. The lowest BCUT2D eigenvalue weighted by Gasteiger charge is -2.34. The molecule has 0 spiro atoms. The number of halogens is 1. The van der Waals surface area contributed by atoms with Crippen LogP contribution in [0.15, 0.2) is 34.9 Å². The second kappa shape index (κ2) is 7.44. The molecule has 0 saturated carbocycles. The van der Waals surface area contributed by atoms with Crippen molar-refractivity contribution in [2.75, 3.05) is 32.8 Å². The topological polar surface area (TPSA) is 58.8 Å². The Kier molecular flexibility index (Phi) is 5.10. The molecule has 24 heavy (non-hydrogen) atoms. The summed E-state index contributed by atoms with van der Waals surface area (Å²) in [5, 5.41) is 3.87. The quantitative estimate of drug-likeness (QED) is 0.836. The van der Waals surface area contributed by atoms with E-state index >= 15 is 0 Å². The number of benzene rings is 1. The van der Waals surface area contributed by atoms with Gasteiger partial charge in [0.25, 0.3) is 5.91 Å². The smallest absolute Gasteiger partial charge is 0.260 e. The van der Waals surface area contributed by atoms with Crippen molar-refractivity contribution >= 4 is 5.91 Å². The van der Waals surface area contributed by atoms with Crippen LogP contribution in [0.3, 0.4) is 0 Å². The van der Waals surface area contributed by atoms with Gasteiger partial charge < -0.3 is 14.2 Å². The number of piperazine rings is 1. The first-order chi connectivity index (χ1) is 11.6. The van der Waals surface area contributed by atoms with Crippen LogP contribution in [0, 0.1) is 12.7 Å². The first-order valence-corrected chi connectivity index (χ1v) is 7.91. The van der Waals surface area contributed by atoms with Crippen LogP contribution < -0.4 is 4.74 Å². The summed E-state index contributed by atoms with van der Waals surface area (Å²) in [5.41, 5.74) is 0.865. The van der Waals surface area contributed by atoms with E-state index < -0.39 is 5.82 Å². The predicted molar refractivity (Wildman–Crippen MR) is 85.0 cm³/mol. The molecule has 0 radical (unpaired) electrons. The van der Waals surface area contributed by atoms with E-state index in [1.54, 1.807) is 17.0 Å². The molecule has 6 nitrogen and oxygen atoms in total. The summed E-state index contributed by atoms with van der Waals surface area (Å²) in [6.45, 7) is 5.17. The number of para-hydroxylation sites is 1. The molecule has 3 rings (SSSR count). The molecule has 2 aromatic rings. The summed E-state index contributed by atoms with van der Waals surface area (Å²) < 4.78 is 24.0. The van der Waals surface area contributed by atoms with Crippen LogP contribution in [0.2, 0.25) is 0 Å². The van der Waals surface area contributed by atoms with Crippen LogP contribution in [0.5, 0.6) is 5.75 Å². The first-order valence-electron chi connectivity index (χ1n) is 7.91. The van der Waals surface area contributed by atoms with Crippen LogP contribution in [-0.4, -0.2) is 53.6 Å². The minimum Gasteiger partial charge on any atom is -0.481 e. The van der Waals surface area contributed by atoms with Crippen LogP contribution in [0.1, 0.15) is 11.5 Å². The Labute approximate surface area is 139 Å². The summed E-state index contributed by atoms with van der Waals surface area (Å²) in [6.07, 6.45) is 0. The molecule has 1 fully saturated rings. The van der Waals surface area contributed by atoms with Gasteiger partial charge in [0, 0.05) is 32.2 Å². The Balaban J connectivity index is 1.44. The maximum absolute atomic E-state index is 13.5. The van der Waals surface area contributed by atoms with Crippen molar-refractivity contribution in [3.63, 3.8) is 0 Å². The third-order valence-corrected chi connectivity index (χ3v) is 3.97. The lowest BCUT2D eigenvalue weighted by molar-refractivity contribution is -0.135. The Morgan fingerprint density at radius 1 is 1.29 bits per heavy atom. The molecule has 0 unspecified atom stereocenters. The summed E-state index contributed by atoms with van der Waals surface area (Å²) in [5.74, 6) is 0.339. The van der Waals surface area contributed by atoms with E-state index in [0.29, 0.717) is 19.6 Å². The van der Waals surface area contributed by atoms with Gasteiger partial charge >= 0.3 is 0 Å². The van der Waals surface area contributed by atoms with Crippen LogP contribution in [0.4, 0.5) is 4.39 Å². The molecule has 2 heterocycles. The zero-order valence-corrected chi connectivity index (χ0v) is 13.6. The van der Waals surface area contributed by atoms with E-state index in [2.05, 4.69) is 10.1 Å². The normalized spacial score (nSPS) is 15.5. The highest BCUT2D eigenvalue weighted by Gasteiger charge is 2.22. The first kappa shape index (κ1) is 16.4. The third-order valence-electron chi connectivity index (χ3n) is 3.97. The molecule has 0 aliphatic carbocycles. The second-order valence-electron chi connectivity index (χ2n) is 5.81. The lowest BCUT2D eigenvalue weighted by atomic mass is 10.3. The number of nitrogens with zero attached hydrogens (tertiary/aromatic N) is 3. The fraction of sp³-hybridized carbons (Fsp3) is 0.412. The Morgan fingerprint density at radius 2 is 2.04 bits per heavy atom. The number of aryl methyl sites for hydroxylation is 1. The van der Waals surface area contributed by atoms with Gasteiger partial charge in [0.05, 0.1) is 12.2 Å². The largest absolute Gasteiger partial charge is 0.481 e. The number of hydrogen-bond donors (Lipinski definition) is 0. The molecular weight excluding hydrogens is 313 g/mol. The van der Waals surface area contributed by atoms with E-state index in [1.165, 1.54) is 12.1 Å². The van der Waals surface area contributed by atoms with Gasteiger partial charge in [-0.25, -0.2) is 4.39 Å². The molecule has 1 aliphatic heterocycles. The van der Waals surface area contributed by atoms with Crippen molar-refractivity contribution in [2.45, 2.75) is 13.5 Å². The van der Waals surface area contributed by atoms with Gasteiger partial charge in [0.15, 0.2) is 23.9 Å². The SMILES string of the molecule is Cc1cc(CN2CCN(C(=O)COc3ccccc3F)CC2)on1. The third kappa shape index (κ3) is 4.11. The van der Waals surface area contributed by atoms with E-state index in [-0.39, 0.29) is 18.3 Å². The minimum absolute atomic E-state index is 0.102. The van der Waals surface area contributed by atoms with E-state index in [0.717, 1.165) is 24.5 Å². The Bertz CT molecular complexity index is 696. The summed E-state index contributed by atoms with van der Waals surface area (Å²) in [7, 11) is 0. The maximum atomic E-state index is 13.5. The number of rotatable bonds is 5. The summed E-state index contributed by atoms with van der Waals surface area (Å²) in [4.78, 5) is 16.1. The molecule has 1 aromatic heterocycles. The molecule has 0 atom stereocenters. The predicted octanol–water partition coefficient (Wildman–Crippen LogP) is 1.85. The van der Waals surface area contributed by atoms with Crippen molar-refractivity contribution in [2.24, 2.45) is 0 Å². The molecular formula is C17H20FN3O3. The van der Waals surface area contributed by atoms with Gasteiger partial charge in [-0.3, -0.25) is 9.69 Å². The molecule has 0 bridgehead atoms. The van der Waals surface area contributed by atoms with Crippen molar-refractivity contribution in [1.82, 2.24) is 15.0 Å². The molecule has 128 valence electrons. The number of carbonyl (C=O) groups is 1. The van der Waals surface area contributed by atoms with Crippen molar-refractivity contribution < 1.29 is 18.4 Å². The maximum Gasteiger partial charge on any atom is 0.260 e. The molecule has 7 heteroatoms. The van der Waals surface area contributed by atoms with Gasteiger partial charge in [-0.1, -0.05) is 17.3 Å². The fourth-order valence-electron chi connectivity index (χ4n) is 2.66. The van der Waals surface area contributed by atoms with E-state index in [4.69, 9.17) is 9.26 Å². The molecule has 1 aliphatic rings. The molecule has 1 amide bonds. The second-order valence-corrected chi connectivity index (χ2v) is 5.81. The number of amides is 1. The van der Waals surface area contributed by atoms with E-state index in [9.17, 15) is 9.18 Å². The van der Waals surface area contributed by atoms with E-state index in [1.807, 2.05) is 13.0 Å². The molecule has 1 aromatic carbocycles. The lowest BCUT2D eigenvalue weighted by Crippen LogP contribution is -2.49. The minimum atomic E-state index is -0.461. The molecule has 0 N–H and O–H groups in total. The van der Waals surface area contributed by atoms with Gasteiger partial charge in [0.1, 0.15) is 0 Å². The van der Waals surface area contributed by atoms with Crippen LogP contribution in [-0.2, 0) is 11.3 Å². The Morgan fingerprint density at radius 3 is 2.71 bits per heavy atom. The number of aromatic nitrogens is 1.